The van der Waals surface area contributed by atoms with E-state index >= 15 is 0 Å². The van der Waals surface area contributed by atoms with Crippen LogP contribution in [0.2, 0.25) is 0 Å². The predicted octanol–water partition coefficient (Wildman–Crippen LogP) is 2.14. The van der Waals surface area contributed by atoms with E-state index in [0.717, 1.165) is 0 Å². The standard InChI is InChI=1S/C9H10FNO.ClH/c1-2-8(11)6-3-4-9(12)7(10)5-6;/h2-5,8,12H,1,11H2;1H/t8-;/m1./s1. The first-order valence-corrected chi connectivity index (χ1v) is 3.51. The Morgan fingerprint density at radius 1 is 1.54 bits per heavy atom. The normalized spacial score (nSPS) is 11.5. The molecular weight excluding hydrogens is 193 g/mol. The molecule has 1 atom stereocenters. The number of halogens is 2. The molecule has 1 aromatic rings. The molecule has 0 fully saturated rings. The summed E-state index contributed by atoms with van der Waals surface area (Å²) >= 11 is 0. The van der Waals surface area contributed by atoms with Crippen molar-refractivity contribution in [1.82, 2.24) is 0 Å². The van der Waals surface area contributed by atoms with E-state index in [1.54, 1.807) is 6.07 Å². The molecule has 1 aromatic carbocycles. The summed E-state index contributed by atoms with van der Waals surface area (Å²) in [5.74, 6) is -1.03. The smallest absolute Gasteiger partial charge is 0.165 e. The average molecular weight is 204 g/mol. The molecule has 13 heavy (non-hydrogen) atoms. The molecule has 0 aliphatic rings. The Morgan fingerprint density at radius 3 is 2.62 bits per heavy atom. The highest BCUT2D eigenvalue weighted by Crippen LogP contribution is 2.19. The fraction of sp³-hybridized carbons (Fsp3) is 0.111. The lowest BCUT2D eigenvalue weighted by atomic mass is 10.1. The van der Waals surface area contributed by atoms with Gasteiger partial charge in [0, 0.05) is 6.04 Å². The van der Waals surface area contributed by atoms with Crippen LogP contribution in [-0.4, -0.2) is 5.11 Å². The van der Waals surface area contributed by atoms with Crippen LogP contribution in [-0.2, 0) is 0 Å². The van der Waals surface area contributed by atoms with E-state index in [2.05, 4.69) is 6.58 Å². The second-order valence-electron chi connectivity index (χ2n) is 2.47. The van der Waals surface area contributed by atoms with E-state index in [-0.39, 0.29) is 24.2 Å². The summed E-state index contributed by atoms with van der Waals surface area (Å²) in [6.07, 6.45) is 1.51. The Bertz CT molecular complexity index is 304. The second kappa shape index (κ2) is 4.84. The van der Waals surface area contributed by atoms with Gasteiger partial charge in [0.15, 0.2) is 11.6 Å². The van der Waals surface area contributed by atoms with Crippen LogP contribution < -0.4 is 5.73 Å². The van der Waals surface area contributed by atoms with Crippen LogP contribution in [0.25, 0.3) is 0 Å². The number of hydrogen-bond acceptors (Lipinski definition) is 2. The summed E-state index contributed by atoms with van der Waals surface area (Å²) in [5, 5.41) is 8.86. The van der Waals surface area contributed by atoms with Crippen molar-refractivity contribution in [3.05, 3.63) is 42.2 Å². The molecule has 0 saturated carbocycles. The molecule has 3 N–H and O–H groups in total. The third-order valence-corrected chi connectivity index (χ3v) is 1.61. The van der Waals surface area contributed by atoms with Crippen molar-refractivity contribution in [2.24, 2.45) is 5.73 Å². The first kappa shape index (κ1) is 11.9. The number of aromatic hydroxyl groups is 1. The van der Waals surface area contributed by atoms with Crippen LogP contribution in [0.5, 0.6) is 5.75 Å². The van der Waals surface area contributed by atoms with Gasteiger partial charge in [-0.2, -0.15) is 0 Å². The van der Waals surface area contributed by atoms with Gasteiger partial charge in [-0.1, -0.05) is 12.1 Å². The SMILES string of the molecule is C=C[C@@H](N)c1ccc(O)c(F)c1.Cl. The minimum absolute atomic E-state index is 0. The predicted molar refractivity (Wildman–Crippen MR) is 52.4 cm³/mol. The van der Waals surface area contributed by atoms with E-state index in [0.29, 0.717) is 5.56 Å². The monoisotopic (exact) mass is 203 g/mol. The van der Waals surface area contributed by atoms with Crippen molar-refractivity contribution >= 4 is 12.4 Å². The maximum absolute atomic E-state index is 12.7. The summed E-state index contributed by atoms with van der Waals surface area (Å²) < 4.78 is 12.7. The molecule has 2 nitrogen and oxygen atoms in total. The van der Waals surface area contributed by atoms with Gasteiger partial charge in [0.2, 0.25) is 0 Å². The average Bonchev–Trinajstić information content (AvgIpc) is 2.08. The summed E-state index contributed by atoms with van der Waals surface area (Å²) in [6, 6.07) is 3.64. The fourth-order valence-electron chi connectivity index (χ4n) is 0.867. The third kappa shape index (κ3) is 2.72. The number of phenolic OH excluding ortho intramolecular Hbond substituents is 1. The minimum atomic E-state index is -0.662. The highest BCUT2D eigenvalue weighted by Gasteiger charge is 2.05. The van der Waals surface area contributed by atoms with Gasteiger partial charge < -0.3 is 10.8 Å². The lowest BCUT2D eigenvalue weighted by molar-refractivity contribution is 0.431. The van der Waals surface area contributed by atoms with Gasteiger partial charge >= 0.3 is 0 Å². The summed E-state index contributed by atoms with van der Waals surface area (Å²) in [7, 11) is 0. The van der Waals surface area contributed by atoms with E-state index in [1.807, 2.05) is 0 Å². The highest BCUT2D eigenvalue weighted by molar-refractivity contribution is 5.85. The molecule has 0 aliphatic heterocycles. The van der Waals surface area contributed by atoms with Crippen LogP contribution in [0.3, 0.4) is 0 Å². The molecule has 0 aliphatic carbocycles. The molecule has 0 amide bonds. The van der Waals surface area contributed by atoms with Gasteiger partial charge in [0.25, 0.3) is 0 Å². The van der Waals surface area contributed by atoms with Crippen LogP contribution in [0.4, 0.5) is 4.39 Å². The van der Waals surface area contributed by atoms with Gasteiger partial charge in [-0.05, 0) is 17.7 Å². The molecule has 72 valence electrons. The highest BCUT2D eigenvalue weighted by atomic mass is 35.5. The first-order valence-electron chi connectivity index (χ1n) is 3.51. The van der Waals surface area contributed by atoms with Crippen LogP contribution in [0, 0.1) is 5.82 Å². The van der Waals surface area contributed by atoms with Crippen molar-refractivity contribution < 1.29 is 9.50 Å². The Hall–Kier alpha value is -1.06. The lowest BCUT2D eigenvalue weighted by Gasteiger charge is -2.06. The van der Waals surface area contributed by atoms with Crippen molar-refractivity contribution in [3.63, 3.8) is 0 Å². The van der Waals surface area contributed by atoms with E-state index in [4.69, 9.17) is 10.8 Å². The first-order chi connectivity index (χ1) is 5.65. The number of benzene rings is 1. The van der Waals surface area contributed by atoms with Crippen molar-refractivity contribution in [3.8, 4) is 5.75 Å². The molecule has 4 heteroatoms. The van der Waals surface area contributed by atoms with Gasteiger partial charge in [-0.25, -0.2) is 4.39 Å². The van der Waals surface area contributed by atoms with E-state index in [9.17, 15) is 4.39 Å². The van der Waals surface area contributed by atoms with Gasteiger partial charge in [-0.15, -0.1) is 19.0 Å². The number of phenols is 1. The van der Waals surface area contributed by atoms with Crippen molar-refractivity contribution in [1.29, 1.82) is 0 Å². The molecule has 0 bridgehead atoms. The largest absolute Gasteiger partial charge is 0.505 e. The zero-order valence-electron chi connectivity index (χ0n) is 6.90. The third-order valence-electron chi connectivity index (χ3n) is 1.61. The topological polar surface area (TPSA) is 46.2 Å². The quantitative estimate of drug-likeness (QED) is 0.724. The van der Waals surface area contributed by atoms with Gasteiger partial charge in [0.05, 0.1) is 0 Å². The summed E-state index contributed by atoms with van der Waals surface area (Å²) in [5.41, 5.74) is 6.14. The molecule has 0 aromatic heterocycles. The number of nitrogens with two attached hydrogens (primary N) is 1. The maximum atomic E-state index is 12.7. The van der Waals surface area contributed by atoms with Crippen LogP contribution >= 0.6 is 12.4 Å². The van der Waals surface area contributed by atoms with Crippen LogP contribution in [0.1, 0.15) is 11.6 Å². The van der Waals surface area contributed by atoms with Crippen LogP contribution in [0.15, 0.2) is 30.9 Å². The van der Waals surface area contributed by atoms with E-state index in [1.165, 1.54) is 18.2 Å². The fourth-order valence-corrected chi connectivity index (χ4v) is 0.867. The zero-order chi connectivity index (χ0) is 9.14. The molecule has 1 rings (SSSR count). The van der Waals surface area contributed by atoms with Crippen molar-refractivity contribution in [2.75, 3.05) is 0 Å². The zero-order valence-corrected chi connectivity index (χ0v) is 7.72. The molecule has 0 heterocycles. The Kier molecular flexibility index (Phi) is 4.45. The Labute approximate surface area is 82.3 Å². The molecular formula is C9H11ClFNO. The molecule has 0 unspecified atom stereocenters. The van der Waals surface area contributed by atoms with Crippen molar-refractivity contribution in [2.45, 2.75) is 6.04 Å². The molecule has 0 radical (unpaired) electrons. The molecule has 0 saturated heterocycles. The molecule has 0 spiro atoms. The second-order valence-corrected chi connectivity index (χ2v) is 2.47. The Balaban J connectivity index is 0.00000144. The Morgan fingerprint density at radius 2 is 2.15 bits per heavy atom. The summed E-state index contributed by atoms with van der Waals surface area (Å²) in [4.78, 5) is 0. The van der Waals surface area contributed by atoms with E-state index < -0.39 is 5.82 Å². The minimum Gasteiger partial charge on any atom is -0.505 e. The maximum Gasteiger partial charge on any atom is 0.165 e. The lowest BCUT2D eigenvalue weighted by Crippen LogP contribution is -2.06. The number of rotatable bonds is 2. The van der Waals surface area contributed by atoms with Gasteiger partial charge in [0.1, 0.15) is 0 Å². The number of hydrogen-bond donors (Lipinski definition) is 2. The van der Waals surface area contributed by atoms with Gasteiger partial charge in [-0.3, -0.25) is 0 Å². The summed E-state index contributed by atoms with van der Waals surface area (Å²) in [6.45, 7) is 3.48.